The number of benzene rings is 3. The number of phenols is 2. The van der Waals surface area contributed by atoms with Crippen LogP contribution in [0.15, 0.2) is 53.9 Å². The fourth-order valence-corrected chi connectivity index (χ4v) is 21.9. The normalized spacial score (nSPS) is 42.5. The number of likely N-dealkylation sites (tertiary alicyclic amines) is 2. The first-order valence-corrected chi connectivity index (χ1v) is 28.9. The van der Waals surface area contributed by atoms with Gasteiger partial charge in [-0.15, -0.1) is 11.3 Å². The van der Waals surface area contributed by atoms with E-state index in [1.165, 1.54) is 47.9 Å². The first-order chi connectivity index (χ1) is 35.2. The van der Waals surface area contributed by atoms with Crippen LogP contribution < -0.4 is 14.2 Å². The lowest BCUT2D eigenvalue weighted by atomic mass is 9.31. The van der Waals surface area contributed by atoms with Gasteiger partial charge in [0.25, 0.3) is 0 Å². The zero-order chi connectivity index (χ0) is 49.6. The van der Waals surface area contributed by atoms with Gasteiger partial charge in [0.05, 0.1) is 19.3 Å². The number of hydrogen-bond donors (Lipinski definition) is 4. The number of aromatic hydroxyl groups is 2. The highest BCUT2D eigenvalue weighted by molar-refractivity contribution is 7.10. The Morgan fingerprint density at radius 1 is 0.671 bits per heavy atom. The van der Waals surface area contributed by atoms with Crippen LogP contribution in [0, 0.1) is 33.5 Å². The second-order valence-electron chi connectivity index (χ2n) is 26.3. The van der Waals surface area contributed by atoms with Crippen molar-refractivity contribution in [1.82, 2.24) is 9.80 Å². The quantitative estimate of drug-likeness (QED) is 0.108. The maximum absolute atomic E-state index is 13.4. The van der Waals surface area contributed by atoms with Crippen molar-refractivity contribution >= 4 is 11.3 Å². The zero-order valence-electron chi connectivity index (χ0n) is 43.2. The fraction of sp³-hybridized carbons (Fsp3) is 0.639. The molecule has 12 heteroatoms. The molecule has 0 radical (unpaired) electrons. The summed E-state index contributed by atoms with van der Waals surface area (Å²) in [6, 6.07) is 16.8. The fourth-order valence-electron chi connectivity index (χ4n) is 20.8. The molecule has 10 fully saturated rings. The lowest BCUT2D eigenvalue weighted by Gasteiger charge is -2.76. The van der Waals surface area contributed by atoms with Gasteiger partial charge in [0, 0.05) is 93.5 Å². The predicted octanol–water partition coefficient (Wildman–Crippen LogP) is 9.53. The standard InChI is InChI=1S/C61H72N2O9S/c1-54(50(66)35-10-13-39(68-3)14-11-35)31-56-16-18-60(54,69-4)53-59(56)21-23-63(29-34-8-9-34)44(56)27-37-24-40(47(65)49(72-53)46(37)59)38-25-42(73-30-38)51(67)55(2)32-57-17-19-61(55,70-5)52-58(57)20-22-62(28-33-6-7-33)43(57)26-36-12-15-41(64)48(71-52)45(36)58/h10-15,24-25,30,33-34,43-44,50-53,64-67H,6-9,16-23,26-29,31-32H2,1-5H3. The second kappa shape index (κ2) is 14.4. The number of hydrogen-bond acceptors (Lipinski definition) is 12. The van der Waals surface area contributed by atoms with Crippen LogP contribution >= 0.6 is 11.3 Å². The van der Waals surface area contributed by atoms with Crippen LogP contribution in [0.25, 0.3) is 11.1 Å². The number of fused-ring (bicyclic) bond motifs is 4. The lowest BCUT2D eigenvalue weighted by molar-refractivity contribution is -0.324. The average Bonchev–Trinajstić information content (AvgIpc) is 4.34. The molecule has 2 saturated heterocycles. The molecule has 73 heavy (non-hydrogen) atoms. The van der Waals surface area contributed by atoms with Gasteiger partial charge in [-0.25, -0.2) is 0 Å². The average molecular weight is 1010 g/mol. The molecular weight excluding hydrogens is 937 g/mol. The van der Waals surface area contributed by atoms with Crippen LogP contribution in [0.1, 0.15) is 136 Å². The van der Waals surface area contributed by atoms with Gasteiger partial charge in [0.1, 0.15) is 29.2 Å². The molecule has 8 bridgehead atoms. The van der Waals surface area contributed by atoms with Crippen LogP contribution in [-0.2, 0) is 33.1 Å². The molecule has 0 amide bonds. The molecule has 4 spiro atoms. The summed E-state index contributed by atoms with van der Waals surface area (Å²) >= 11 is 1.57. The Hall–Kier alpha value is -3.88. The number of thiophene rings is 1. The minimum absolute atomic E-state index is 0.161. The van der Waals surface area contributed by atoms with Crippen molar-refractivity contribution in [3.05, 3.63) is 86.6 Å². The van der Waals surface area contributed by atoms with Crippen molar-refractivity contribution < 1.29 is 44.1 Å². The molecule has 386 valence electrons. The first kappa shape index (κ1) is 45.3. The third-order valence-corrected chi connectivity index (χ3v) is 25.1. The summed E-state index contributed by atoms with van der Waals surface area (Å²) in [6.45, 7) is 8.75. The van der Waals surface area contributed by atoms with E-state index in [0.717, 1.165) is 130 Å². The molecule has 1 aromatic heterocycles. The van der Waals surface area contributed by atoms with Crippen molar-refractivity contribution in [2.75, 3.05) is 47.5 Å². The highest BCUT2D eigenvalue weighted by Gasteiger charge is 2.86. The van der Waals surface area contributed by atoms with E-state index in [0.29, 0.717) is 17.5 Å². The second-order valence-corrected chi connectivity index (χ2v) is 27.3. The van der Waals surface area contributed by atoms with Crippen molar-refractivity contribution in [3.8, 4) is 39.9 Å². The molecular formula is C61H72N2O9S. The van der Waals surface area contributed by atoms with E-state index in [-0.39, 0.29) is 45.3 Å². The Bertz CT molecular complexity index is 3030. The van der Waals surface area contributed by atoms with E-state index in [4.69, 9.17) is 23.7 Å². The molecule has 14 atom stereocenters. The van der Waals surface area contributed by atoms with E-state index in [9.17, 15) is 20.4 Å². The van der Waals surface area contributed by atoms with Crippen LogP contribution in [0.4, 0.5) is 0 Å². The van der Waals surface area contributed by atoms with Gasteiger partial charge < -0.3 is 44.1 Å². The summed E-state index contributed by atoms with van der Waals surface area (Å²) in [6.07, 6.45) is 11.5. The van der Waals surface area contributed by atoms with Gasteiger partial charge in [-0.05, 0) is 173 Å². The number of aliphatic hydroxyl groups excluding tert-OH is 2. The molecule has 3 aromatic carbocycles. The molecule has 4 N–H and O–H groups in total. The molecule has 4 aromatic rings. The molecule has 14 aliphatic rings. The van der Waals surface area contributed by atoms with Crippen molar-refractivity contribution in [2.45, 2.75) is 162 Å². The molecule has 10 aliphatic carbocycles. The molecule has 4 aliphatic heterocycles. The van der Waals surface area contributed by atoms with Crippen LogP contribution in [0.5, 0.6) is 28.7 Å². The van der Waals surface area contributed by atoms with E-state index in [1.54, 1.807) is 18.4 Å². The van der Waals surface area contributed by atoms with Gasteiger partial charge >= 0.3 is 0 Å². The minimum Gasteiger partial charge on any atom is -0.504 e. The maximum atomic E-state index is 13.4. The number of ether oxygens (including phenoxy) is 5. The smallest absolute Gasteiger partial charge is 0.166 e. The van der Waals surface area contributed by atoms with E-state index < -0.39 is 40.3 Å². The van der Waals surface area contributed by atoms with Gasteiger partial charge in [-0.1, -0.05) is 32.0 Å². The Balaban J connectivity index is 0.799. The minimum atomic E-state index is -0.879. The highest BCUT2D eigenvalue weighted by atomic mass is 32.1. The lowest BCUT2D eigenvalue weighted by Crippen LogP contribution is -2.83. The highest BCUT2D eigenvalue weighted by Crippen LogP contribution is 2.83. The number of rotatable bonds is 12. The summed E-state index contributed by atoms with van der Waals surface area (Å²) < 4.78 is 34.2. The largest absolute Gasteiger partial charge is 0.504 e. The van der Waals surface area contributed by atoms with E-state index >= 15 is 0 Å². The van der Waals surface area contributed by atoms with Crippen molar-refractivity contribution in [1.29, 1.82) is 0 Å². The van der Waals surface area contributed by atoms with Crippen LogP contribution in [0.2, 0.25) is 0 Å². The summed E-state index contributed by atoms with van der Waals surface area (Å²) in [4.78, 5) is 6.50. The predicted molar refractivity (Wildman–Crippen MR) is 276 cm³/mol. The summed E-state index contributed by atoms with van der Waals surface area (Å²) in [5.41, 5.74) is 3.30. The Morgan fingerprint density at radius 2 is 1.23 bits per heavy atom. The SMILES string of the molecule is COc1ccc(C(O)C2(C)CC34CCC2(OC)C2Oc5c(O)c(-c6csc(C(O)C7(C)CC89CCC7(OC)C7Oc%10c(O)ccc%11c%10C78CCN(CC7CC7)C9C%11)c6)cc6c5C23CCN(CC2CC2)C4C6)cc1. The molecule has 8 saturated carbocycles. The molecule has 11 nitrogen and oxygen atoms in total. The first-order valence-electron chi connectivity index (χ1n) is 28.0. The third kappa shape index (κ3) is 5.00. The van der Waals surface area contributed by atoms with Crippen molar-refractivity contribution in [2.24, 2.45) is 33.5 Å². The monoisotopic (exact) mass is 1010 g/mol. The topological polar surface area (TPSA) is 134 Å². The Morgan fingerprint density at radius 3 is 1.81 bits per heavy atom. The number of phenolic OH excluding ortho intramolecular Hbond substituents is 2. The van der Waals surface area contributed by atoms with E-state index in [2.05, 4.69) is 47.2 Å². The van der Waals surface area contributed by atoms with Crippen LogP contribution in [0.3, 0.4) is 0 Å². The summed E-state index contributed by atoms with van der Waals surface area (Å²) in [5, 5.41) is 52.8. The number of methoxy groups -OCH3 is 3. The van der Waals surface area contributed by atoms with Gasteiger partial charge in [-0.3, -0.25) is 9.80 Å². The number of piperidine rings is 2. The zero-order valence-corrected chi connectivity index (χ0v) is 44.0. The number of aliphatic hydroxyl groups is 2. The molecule has 14 unspecified atom stereocenters. The Labute approximate surface area is 433 Å². The van der Waals surface area contributed by atoms with E-state index in [1.807, 2.05) is 44.6 Å². The molecule has 18 rings (SSSR count). The summed E-state index contributed by atoms with van der Waals surface area (Å²) in [5.74, 6) is 3.86. The summed E-state index contributed by atoms with van der Waals surface area (Å²) in [7, 11) is 5.32. The number of nitrogens with zero attached hydrogens (tertiary/aromatic N) is 2. The van der Waals surface area contributed by atoms with Gasteiger partial charge in [-0.2, -0.15) is 0 Å². The maximum Gasteiger partial charge on any atom is 0.166 e. The third-order valence-electron chi connectivity index (χ3n) is 24.1. The van der Waals surface area contributed by atoms with Crippen molar-refractivity contribution in [3.63, 3.8) is 0 Å². The Kier molecular flexibility index (Phi) is 8.92. The molecule has 5 heterocycles. The van der Waals surface area contributed by atoms with Gasteiger partial charge in [0.2, 0.25) is 0 Å². The van der Waals surface area contributed by atoms with Gasteiger partial charge in [0.15, 0.2) is 23.0 Å². The van der Waals surface area contributed by atoms with Crippen LogP contribution in [-0.4, -0.2) is 113 Å².